The summed E-state index contributed by atoms with van der Waals surface area (Å²) >= 11 is 0. The minimum absolute atomic E-state index is 0.804. The zero-order valence-corrected chi connectivity index (χ0v) is 12.2. The lowest BCUT2D eigenvalue weighted by atomic mass is 10.3. The number of aromatic nitrogens is 3. The first-order chi connectivity index (χ1) is 10.4. The fourth-order valence-corrected chi connectivity index (χ4v) is 2.59. The quantitative estimate of drug-likeness (QED) is 0.825. The van der Waals surface area contributed by atoms with Crippen LogP contribution in [0.4, 0.5) is 5.82 Å². The highest BCUT2D eigenvalue weighted by molar-refractivity contribution is 5.53. The smallest absolute Gasteiger partial charge is 0.144 e. The van der Waals surface area contributed by atoms with E-state index >= 15 is 0 Å². The van der Waals surface area contributed by atoms with E-state index in [1.165, 1.54) is 32.5 Å². The van der Waals surface area contributed by atoms with Crippen LogP contribution in [0.5, 0.6) is 0 Å². The molecule has 3 rings (SSSR count). The maximum Gasteiger partial charge on any atom is 0.144 e. The van der Waals surface area contributed by atoms with Gasteiger partial charge < -0.3 is 10.2 Å². The molecule has 1 saturated heterocycles. The van der Waals surface area contributed by atoms with Gasteiger partial charge in [0.1, 0.15) is 11.5 Å². The number of rotatable bonds is 6. The highest BCUT2D eigenvalue weighted by Crippen LogP contribution is 2.13. The van der Waals surface area contributed by atoms with Gasteiger partial charge in [-0.1, -0.05) is 6.07 Å². The monoisotopic (exact) mass is 283 g/mol. The Balaban J connectivity index is 1.46. The summed E-state index contributed by atoms with van der Waals surface area (Å²) in [4.78, 5) is 15.6. The molecule has 0 amide bonds. The minimum Gasteiger partial charge on any atom is -0.369 e. The van der Waals surface area contributed by atoms with E-state index in [4.69, 9.17) is 0 Å². The van der Waals surface area contributed by atoms with Crippen molar-refractivity contribution in [1.82, 2.24) is 19.9 Å². The molecule has 3 heterocycles. The van der Waals surface area contributed by atoms with Gasteiger partial charge in [0.2, 0.25) is 0 Å². The Morgan fingerprint density at radius 3 is 2.62 bits per heavy atom. The maximum atomic E-state index is 4.41. The second-order valence-electron chi connectivity index (χ2n) is 5.33. The van der Waals surface area contributed by atoms with Gasteiger partial charge in [0.05, 0.1) is 18.1 Å². The Labute approximate surface area is 125 Å². The van der Waals surface area contributed by atoms with E-state index < -0.39 is 0 Å². The molecule has 0 spiro atoms. The molecule has 0 aromatic carbocycles. The topological polar surface area (TPSA) is 53.9 Å². The normalized spacial score (nSPS) is 15.2. The lowest BCUT2D eigenvalue weighted by Crippen LogP contribution is -2.22. The van der Waals surface area contributed by atoms with Crippen molar-refractivity contribution in [2.75, 3.05) is 31.5 Å². The van der Waals surface area contributed by atoms with Crippen LogP contribution in [0.3, 0.4) is 0 Å². The van der Waals surface area contributed by atoms with Crippen LogP contribution in [0.2, 0.25) is 0 Å². The molecule has 0 unspecified atom stereocenters. The molecule has 5 heteroatoms. The molecule has 1 aliphatic heterocycles. The van der Waals surface area contributed by atoms with Gasteiger partial charge in [-0.25, -0.2) is 9.97 Å². The zero-order chi connectivity index (χ0) is 14.3. The summed E-state index contributed by atoms with van der Waals surface area (Å²) in [5, 5.41) is 3.33. The molecule has 0 atom stereocenters. The van der Waals surface area contributed by atoms with Crippen LogP contribution in [-0.4, -0.2) is 46.0 Å². The molecular formula is C16H21N5. The molecule has 1 aliphatic rings. The van der Waals surface area contributed by atoms with E-state index in [1.807, 2.05) is 18.2 Å². The van der Waals surface area contributed by atoms with Crippen molar-refractivity contribution in [1.29, 1.82) is 0 Å². The van der Waals surface area contributed by atoms with Crippen molar-refractivity contribution in [3.8, 4) is 11.4 Å². The molecule has 5 nitrogen and oxygen atoms in total. The first-order valence-corrected chi connectivity index (χ1v) is 7.61. The molecule has 0 aliphatic carbocycles. The van der Waals surface area contributed by atoms with E-state index in [9.17, 15) is 0 Å². The molecular weight excluding hydrogens is 262 g/mol. The van der Waals surface area contributed by atoms with E-state index in [0.717, 1.165) is 30.2 Å². The third kappa shape index (κ3) is 3.98. The summed E-state index contributed by atoms with van der Waals surface area (Å²) in [6.07, 6.45) is 9.16. The fraction of sp³-hybridized carbons (Fsp3) is 0.438. The second-order valence-corrected chi connectivity index (χ2v) is 5.33. The summed E-state index contributed by atoms with van der Waals surface area (Å²) in [5.41, 5.74) is 1.66. The molecule has 1 N–H and O–H groups in total. The SMILES string of the molecule is c1ccc(-c2cnc(NCCCN3CCCC3)cn2)nc1. The molecule has 0 radical (unpaired) electrons. The molecule has 21 heavy (non-hydrogen) atoms. The Morgan fingerprint density at radius 1 is 1.00 bits per heavy atom. The summed E-state index contributed by atoms with van der Waals surface area (Å²) in [6.45, 7) is 4.64. The molecule has 1 fully saturated rings. The lowest BCUT2D eigenvalue weighted by Gasteiger charge is -2.14. The van der Waals surface area contributed by atoms with E-state index in [0.29, 0.717) is 0 Å². The number of likely N-dealkylation sites (tertiary alicyclic amines) is 1. The average Bonchev–Trinajstić information content (AvgIpc) is 3.06. The van der Waals surface area contributed by atoms with Crippen molar-refractivity contribution in [2.45, 2.75) is 19.3 Å². The number of anilines is 1. The second kappa shape index (κ2) is 7.13. The number of hydrogen-bond donors (Lipinski definition) is 1. The molecule has 2 aromatic heterocycles. The van der Waals surface area contributed by atoms with E-state index in [-0.39, 0.29) is 0 Å². The molecule has 110 valence electrons. The minimum atomic E-state index is 0.804. The van der Waals surface area contributed by atoms with Crippen LogP contribution in [0.15, 0.2) is 36.8 Å². The zero-order valence-electron chi connectivity index (χ0n) is 12.2. The van der Waals surface area contributed by atoms with Gasteiger partial charge in [0.15, 0.2) is 0 Å². The predicted octanol–water partition coefficient (Wildman–Crippen LogP) is 2.44. The number of hydrogen-bond acceptors (Lipinski definition) is 5. The van der Waals surface area contributed by atoms with Crippen LogP contribution in [-0.2, 0) is 0 Å². The first kappa shape index (κ1) is 13.9. The number of pyridine rings is 1. The number of nitrogens with zero attached hydrogens (tertiary/aromatic N) is 4. The first-order valence-electron chi connectivity index (χ1n) is 7.61. The largest absolute Gasteiger partial charge is 0.369 e. The van der Waals surface area contributed by atoms with Crippen molar-refractivity contribution in [3.63, 3.8) is 0 Å². The highest BCUT2D eigenvalue weighted by Gasteiger charge is 2.10. The van der Waals surface area contributed by atoms with Gasteiger partial charge in [-0.15, -0.1) is 0 Å². The van der Waals surface area contributed by atoms with Crippen LogP contribution >= 0.6 is 0 Å². The molecule has 2 aromatic rings. The molecule has 0 saturated carbocycles. The van der Waals surface area contributed by atoms with Crippen molar-refractivity contribution >= 4 is 5.82 Å². The van der Waals surface area contributed by atoms with Crippen LogP contribution in [0.1, 0.15) is 19.3 Å². The fourth-order valence-electron chi connectivity index (χ4n) is 2.59. The van der Waals surface area contributed by atoms with Crippen molar-refractivity contribution in [2.24, 2.45) is 0 Å². The Kier molecular flexibility index (Phi) is 4.74. The van der Waals surface area contributed by atoms with E-state index in [1.54, 1.807) is 18.6 Å². The summed E-state index contributed by atoms with van der Waals surface area (Å²) in [6, 6.07) is 5.79. The average molecular weight is 283 g/mol. The third-order valence-electron chi connectivity index (χ3n) is 3.74. The Hall–Kier alpha value is -2.01. The summed E-state index contributed by atoms with van der Waals surface area (Å²) in [5.74, 6) is 0.830. The van der Waals surface area contributed by atoms with Crippen LogP contribution in [0.25, 0.3) is 11.4 Å². The van der Waals surface area contributed by atoms with Gasteiger partial charge in [0, 0.05) is 12.7 Å². The third-order valence-corrected chi connectivity index (χ3v) is 3.74. The van der Waals surface area contributed by atoms with Gasteiger partial charge in [-0.05, 0) is 51.0 Å². The Bertz CT molecular complexity index is 534. The van der Waals surface area contributed by atoms with Gasteiger partial charge >= 0.3 is 0 Å². The van der Waals surface area contributed by atoms with Crippen molar-refractivity contribution < 1.29 is 0 Å². The van der Waals surface area contributed by atoms with Crippen LogP contribution < -0.4 is 5.32 Å². The lowest BCUT2D eigenvalue weighted by molar-refractivity contribution is 0.337. The summed E-state index contributed by atoms with van der Waals surface area (Å²) in [7, 11) is 0. The number of nitrogens with one attached hydrogen (secondary N) is 1. The van der Waals surface area contributed by atoms with Gasteiger partial charge in [-0.3, -0.25) is 4.98 Å². The maximum absolute atomic E-state index is 4.41. The molecule has 0 bridgehead atoms. The standard InChI is InChI=1S/C16H21N5/c1-2-7-17-14(6-1)15-12-20-16(13-19-15)18-8-5-11-21-9-3-4-10-21/h1-2,6-7,12-13H,3-5,8-11H2,(H,18,20). The van der Waals surface area contributed by atoms with E-state index in [2.05, 4.69) is 25.2 Å². The van der Waals surface area contributed by atoms with Crippen LogP contribution in [0, 0.1) is 0 Å². The predicted molar refractivity (Wildman–Crippen MR) is 84.0 cm³/mol. The van der Waals surface area contributed by atoms with Gasteiger partial charge in [0.25, 0.3) is 0 Å². The van der Waals surface area contributed by atoms with Gasteiger partial charge in [-0.2, -0.15) is 0 Å². The Morgan fingerprint density at radius 2 is 1.90 bits per heavy atom. The summed E-state index contributed by atoms with van der Waals surface area (Å²) < 4.78 is 0. The highest BCUT2D eigenvalue weighted by atomic mass is 15.1. The van der Waals surface area contributed by atoms with Crippen molar-refractivity contribution in [3.05, 3.63) is 36.8 Å².